The van der Waals surface area contributed by atoms with Crippen molar-refractivity contribution in [3.05, 3.63) is 85.1 Å². The first-order valence-corrected chi connectivity index (χ1v) is 31.6. The third-order valence-electron chi connectivity index (χ3n) is 13.6. The van der Waals surface area contributed by atoms with Gasteiger partial charge in [0.05, 0.1) is 0 Å². The Kier molecular flexibility index (Phi) is 59.3. The number of hydrogen-bond donors (Lipinski definition) is 0. The van der Waals surface area contributed by atoms with Crippen molar-refractivity contribution in [1.82, 2.24) is 0 Å². The molecule has 0 spiro atoms. The van der Waals surface area contributed by atoms with E-state index < -0.39 is 6.10 Å². The molecule has 0 amide bonds. The molecule has 0 fully saturated rings. The van der Waals surface area contributed by atoms with Gasteiger partial charge >= 0.3 is 17.9 Å². The first kappa shape index (κ1) is 70.6. The Bertz CT molecular complexity index is 1420. The van der Waals surface area contributed by atoms with E-state index in [-0.39, 0.29) is 31.1 Å². The van der Waals surface area contributed by atoms with Crippen molar-refractivity contribution >= 4 is 17.9 Å². The van der Waals surface area contributed by atoms with E-state index in [4.69, 9.17) is 14.2 Å². The van der Waals surface area contributed by atoms with Crippen LogP contribution >= 0.6 is 0 Å². The summed E-state index contributed by atoms with van der Waals surface area (Å²) in [7, 11) is 0. The molecule has 1 unspecified atom stereocenters. The van der Waals surface area contributed by atoms with Crippen LogP contribution in [0.15, 0.2) is 85.1 Å². The molecule has 0 aromatic heterocycles. The van der Waals surface area contributed by atoms with Crippen molar-refractivity contribution in [3.8, 4) is 0 Å². The lowest BCUT2D eigenvalue weighted by molar-refractivity contribution is -0.167. The van der Waals surface area contributed by atoms with Gasteiger partial charge in [0.1, 0.15) is 13.2 Å². The van der Waals surface area contributed by atoms with E-state index in [2.05, 4.69) is 106 Å². The highest BCUT2D eigenvalue weighted by Gasteiger charge is 2.19. The fourth-order valence-electron chi connectivity index (χ4n) is 8.91. The molecule has 0 saturated heterocycles. The Morgan fingerprint density at radius 2 is 0.527 bits per heavy atom. The molecule has 6 nitrogen and oxygen atoms in total. The molecule has 0 N–H and O–H groups in total. The molecule has 0 aliphatic heterocycles. The molecule has 0 aromatic carbocycles. The maximum absolute atomic E-state index is 12.9. The Morgan fingerprint density at radius 1 is 0.284 bits per heavy atom. The number of rotatable bonds is 57. The Hall–Kier alpha value is -3.41. The lowest BCUT2D eigenvalue weighted by Crippen LogP contribution is -2.30. The van der Waals surface area contributed by atoms with Crippen LogP contribution < -0.4 is 0 Å². The largest absolute Gasteiger partial charge is 0.462 e. The quantitative estimate of drug-likeness (QED) is 0.0261. The lowest BCUT2D eigenvalue weighted by Gasteiger charge is -2.18. The molecule has 0 rings (SSSR count). The number of esters is 3. The maximum Gasteiger partial charge on any atom is 0.306 e. The van der Waals surface area contributed by atoms with Crippen LogP contribution in [0.25, 0.3) is 0 Å². The summed E-state index contributed by atoms with van der Waals surface area (Å²) in [4.78, 5) is 38.1. The molecule has 0 heterocycles. The van der Waals surface area contributed by atoms with Gasteiger partial charge in [-0.05, 0) is 96.3 Å². The van der Waals surface area contributed by atoms with Gasteiger partial charge in [-0.15, -0.1) is 0 Å². The summed E-state index contributed by atoms with van der Waals surface area (Å²) in [6.07, 6.45) is 81.7. The van der Waals surface area contributed by atoms with E-state index >= 15 is 0 Å². The van der Waals surface area contributed by atoms with Gasteiger partial charge in [0.2, 0.25) is 0 Å². The summed E-state index contributed by atoms with van der Waals surface area (Å²) in [5, 5.41) is 0. The number of hydrogen-bond acceptors (Lipinski definition) is 6. The Labute approximate surface area is 458 Å². The Morgan fingerprint density at radius 3 is 0.851 bits per heavy atom. The van der Waals surface area contributed by atoms with Gasteiger partial charge in [0, 0.05) is 19.3 Å². The molecule has 0 aliphatic rings. The molecule has 74 heavy (non-hydrogen) atoms. The predicted molar refractivity (Wildman–Crippen MR) is 321 cm³/mol. The van der Waals surface area contributed by atoms with Gasteiger partial charge in [-0.1, -0.05) is 279 Å². The van der Waals surface area contributed by atoms with Gasteiger partial charge in [-0.2, -0.15) is 0 Å². The predicted octanol–water partition coefficient (Wildman–Crippen LogP) is 21.5. The summed E-state index contributed by atoms with van der Waals surface area (Å²) < 4.78 is 16.9. The fourth-order valence-corrected chi connectivity index (χ4v) is 8.91. The zero-order chi connectivity index (χ0) is 53.6. The molecule has 426 valence electrons. The van der Waals surface area contributed by atoms with Crippen LogP contribution in [0.3, 0.4) is 0 Å². The number of ether oxygens (including phenoxy) is 3. The third-order valence-corrected chi connectivity index (χ3v) is 13.6. The average Bonchev–Trinajstić information content (AvgIpc) is 3.40. The summed E-state index contributed by atoms with van der Waals surface area (Å²) >= 11 is 0. The Balaban J connectivity index is 4.14. The first-order chi connectivity index (χ1) is 36.5. The minimum absolute atomic E-state index is 0.0753. The van der Waals surface area contributed by atoms with Gasteiger partial charge in [0.15, 0.2) is 6.10 Å². The fraction of sp³-hybridized carbons (Fsp3) is 0.750. The minimum Gasteiger partial charge on any atom is -0.462 e. The zero-order valence-corrected chi connectivity index (χ0v) is 48.8. The standard InChI is InChI=1S/C68H118O6/c1-4-7-10-13-16-19-21-23-25-27-29-30-31-32-33-34-35-36-37-38-40-41-43-45-47-49-52-55-58-61-67(70)73-64-65(63-72-66(69)60-57-54-51-18-15-12-9-6-3)74-68(71)62-59-56-53-50-48-46-44-42-39-28-26-24-22-20-17-14-11-8-5-2/h7,10,16-17,19-20,23-26,29-30,32-33,65H,4-6,8-9,11-15,18,21-22,27-28,31,34-64H2,1-3H3/b10-7-,19-16-,20-17-,25-23-,26-24-,30-29-,33-32-. The van der Waals surface area contributed by atoms with E-state index in [1.165, 1.54) is 173 Å². The van der Waals surface area contributed by atoms with E-state index in [0.29, 0.717) is 19.3 Å². The van der Waals surface area contributed by atoms with Crippen LogP contribution in [0.2, 0.25) is 0 Å². The molecule has 0 saturated carbocycles. The smallest absolute Gasteiger partial charge is 0.306 e. The van der Waals surface area contributed by atoms with Crippen molar-refractivity contribution in [2.75, 3.05) is 13.2 Å². The topological polar surface area (TPSA) is 78.9 Å². The van der Waals surface area contributed by atoms with Crippen molar-refractivity contribution < 1.29 is 28.6 Å². The molecule has 0 aliphatic carbocycles. The molecular weight excluding hydrogens is 913 g/mol. The molecular formula is C68H118O6. The van der Waals surface area contributed by atoms with Crippen molar-refractivity contribution in [2.24, 2.45) is 0 Å². The molecule has 0 aromatic rings. The molecule has 1 atom stereocenters. The summed E-state index contributed by atoms with van der Waals surface area (Å²) in [5.74, 6) is -0.874. The van der Waals surface area contributed by atoms with Crippen LogP contribution in [-0.4, -0.2) is 37.2 Å². The third kappa shape index (κ3) is 59.5. The second-order valence-electron chi connectivity index (χ2n) is 20.9. The van der Waals surface area contributed by atoms with Crippen molar-refractivity contribution in [3.63, 3.8) is 0 Å². The monoisotopic (exact) mass is 1030 g/mol. The van der Waals surface area contributed by atoms with Crippen LogP contribution in [0.4, 0.5) is 0 Å². The van der Waals surface area contributed by atoms with Crippen LogP contribution in [0.5, 0.6) is 0 Å². The van der Waals surface area contributed by atoms with E-state index in [1.807, 2.05) is 0 Å². The zero-order valence-electron chi connectivity index (χ0n) is 48.8. The highest BCUT2D eigenvalue weighted by molar-refractivity contribution is 5.71. The van der Waals surface area contributed by atoms with E-state index in [9.17, 15) is 14.4 Å². The number of unbranched alkanes of at least 4 members (excludes halogenated alkanes) is 32. The normalized spacial score (nSPS) is 12.6. The first-order valence-electron chi connectivity index (χ1n) is 31.6. The number of carbonyl (C=O) groups excluding carboxylic acids is 3. The van der Waals surface area contributed by atoms with E-state index in [1.54, 1.807) is 0 Å². The van der Waals surface area contributed by atoms with Crippen LogP contribution in [0.1, 0.15) is 310 Å². The van der Waals surface area contributed by atoms with Crippen molar-refractivity contribution in [1.29, 1.82) is 0 Å². The molecule has 0 radical (unpaired) electrons. The number of carbonyl (C=O) groups is 3. The highest BCUT2D eigenvalue weighted by atomic mass is 16.6. The molecule has 0 bridgehead atoms. The SMILES string of the molecule is CC/C=C\C/C=C\C/C=C\C/C=C\C/C=C\CCCCCCCCCCCCCCCC(=O)OCC(COC(=O)CCCCCCCCCC)OC(=O)CCCCCCCCCCC/C=C\C/C=C\CCCCC. The lowest BCUT2D eigenvalue weighted by atomic mass is 10.0. The second kappa shape index (κ2) is 62.1. The summed E-state index contributed by atoms with van der Waals surface area (Å²) in [6, 6.07) is 0. The van der Waals surface area contributed by atoms with Crippen LogP contribution in [0, 0.1) is 0 Å². The van der Waals surface area contributed by atoms with Gasteiger partial charge in [-0.3, -0.25) is 14.4 Å². The maximum atomic E-state index is 12.9. The summed E-state index contributed by atoms with van der Waals surface area (Å²) in [6.45, 7) is 6.49. The van der Waals surface area contributed by atoms with Crippen molar-refractivity contribution in [2.45, 2.75) is 316 Å². The molecule has 6 heteroatoms. The van der Waals surface area contributed by atoms with Gasteiger partial charge in [-0.25, -0.2) is 0 Å². The minimum atomic E-state index is -0.776. The highest BCUT2D eigenvalue weighted by Crippen LogP contribution is 2.16. The number of allylic oxidation sites excluding steroid dienone is 14. The average molecular weight is 1030 g/mol. The van der Waals surface area contributed by atoms with Crippen LogP contribution in [-0.2, 0) is 28.6 Å². The second-order valence-corrected chi connectivity index (χ2v) is 20.9. The van der Waals surface area contributed by atoms with Gasteiger partial charge in [0.25, 0.3) is 0 Å². The van der Waals surface area contributed by atoms with Gasteiger partial charge < -0.3 is 14.2 Å². The van der Waals surface area contributed by atoms with E-state index in [0.717, 1.165) is 96.3 Å². The summed E-state index contributed by atoms with van der Waals surface area (Å²) in [5.41, 5.74) is 0.